The fourth-order valence-corrected chi connectivity index (χ4v) is 6.41. The molecule has 0 aliphatic carbocycles. The van der Waals surface area contributed by atoms with Crippen LogP contribution in [0.5, 0.6) is 0 Å². The molecule has 0 amide bonds. The molecule has 18 heteroatoms. The summed E-state index contributed by atoms with van der Waals surface area (Å²) >= 11 is 0. The van der Waals surface area contributed by atoms with Crippen molar-refractivity contribution in [2.45, 2.75) is 57.1 Å². The van der Waals surface area contributed by atoms with Crippen molar-refractivity contribution in [3.05, 3.63) is 131 Å². The second-order valence-electron chi connectivity index (χ2n) is 13.6. The number of aromatic nitrogens is 1. The van der Waals surface area contributed by atoms with Crippen LogP contribution in [0.2, 0.25) is 0 Å². The third-order valence-corrected chi connectivity index (χ3v) is 9.31. The highest BCUT2D eigenvalue weighted by Gasteiger charge is 2.60. The molecule has 0 N–H and O–H groups in total. The summed E-state index contributed by atoms with van der Waals surface area (Å²) in [4.78, 5) is 4.77. The van der Waals surface area contributed by atoms with Crippen LogP contribution in [-0.4, -0.2) is 61.0 Å². The molecule has 0 radical (unpaired) electrons. The molecular weight excluding hydrogens is 798 g/mol. The molecule has 5 aromatic rings. The van der Waals surface area contributed by atoms with E-state index in [1.807, 2.05) is 6.92 Å². The topological polar surface area (TPSA) is 35.8 Å². The smallest absolute Gasteiger partial charge is 0.385 e. The van der Waals surface area contributed by atoms with E-state index in [0.717, 1.165) is 5.56 Å². The molecule has 2 heterocycles. The predicted molar refractivity (Wildman–Crippen MR) is 193 cm³/mol. The first kappa shape index (κ1) is 42.5. The van der Waals surface area contributed by atoms with Gasteiger partial charge in [0, 0.05) is 50.8 Å². The Labute approximate surface area is 322 Å². The van der Waals surface area contributed by atoms with Crippen LogP contribution in [0.3, 0.4) is 0 Å². The summed E-state index contributed by atoms with van der Waals surface area (Å²) < 4.78 is 192. The van der Waals surface area contributed by atoms with Crippen LogP contribution < -0.4 is 0 Å². The fourth-order valence-electron chi connectivity index (χ4n) is 6.41. The Morgan fingerprint density at radius 3 is 1.55 bits per heavy atom. The average molecular weight is 828 g/mol. The third kappa shape index (κ3) is 8.67. The average Bonchev–Trinajstić information content (AvgIpc) is 3.68. The van der Waals surface area contributed by atoms with E-state index >= 15 is 0 Å². The Morgan fingerprint density at radius 1 is 0.586 bits per heavy atom. The zero-order chi connectivity index (χ0) is 42.4. The van der Waals surface area contributed by atoms with E-state index in [4.69, 9.17) is 14.3 Å². The molecule has 6 rings (SSSR count). The van der Waals surface area contributed by atoms with Crippen molar-refractivity contribution in [2.75, 3.05) is 13.2 Å². The first-order valence-corrected chi connectivity index (χ1v) is 17.4. The van der Waals surface area contributed by atoms with Crippen molar-refractivity contribution in [3.8, 4) is 11.3 Å². The van der Waals surface area contributed by atoms with Crippen LogP contribution in [0.1, 0.15) is 46.4 Å². The number of aryl methyl sites for hydroxylation is 2. The van der Waals surface area contributed by atoms with Gasteiger partial charge in [-0.25, -0.2) is 4.99 Å². The standard InChI is InChI=1S/C40H30BF13N2O2/c1-23-11-15-25(16-12-23)32-27-7-3-4-8-28(27)33(55-32)31(19-20-38(46,47)48)35-30-10-6-5-9-29(30)34(26-17-13-24(2)14-18-26)56(35)41(57-21-36(42,43)39(49,50)51)58-22-37(44,45)40(52,53)54/h3-18H,19-22H2,1-2H3/b33-31-. The van der Waals surface area contributed by atoms with Crippen LogP contribution in [0.25, 0.3) is 33.3 Å². The van der Waals surface area contributed by atoms with Crippen LogP contribution in [0.15, 0.2) is 102 Å². The van der Waals surface area contributed by atoms with Crippen molar-refractivity contribution in [3.63, 3.8) is 0 Å². The van der Waals surface area contributed by atoms with E-state index in [1.165, 1.54) is 54.6 Å². The van der Waals surface area contributed by atoms with Crippen molar-refractivity contribution < 1.29 is 66.4 Å². The number of alkyl halides is 13. The second-order valence-corrected chi connectivity index (χ2v) is 13.6. The summed E-state index contributed by atoms with van der Waals surface area (Å²) in [5.41, 5.74) is 1.98. The molecule has 0 saturated carbocycles. The van der Waals surface area contributed by atoms with Gasteiger partial charge in [0.2, 0.25) is 0 Å². The maximum absolute atomic E-state index is 14.5. The molecular formula is C40H30BF13N2O2. The van der Waals surface area contributed by atoms with Gasteiger partial charge in [-0.15, -0.1) is 0 Å². The highest BCUT2D eigenvalue weighted by Crippen LogP contribution is 2.46. The maximum atomic E-state index is 14.5. The molecule has 1 aromatic heterocycles. The zero-order valence-corrected chi connectivity index (χ0v) is 30.3. The number of rotatable bonds is 12. The Morgan fingerprint density at radius 2 is 1.05 bits per heavy atom. The lowest BCUT2D eigenvalue weighted by molar-refractivity contribution is -0.295. The van der Waals surface area contributed by atoms with Gasteiger partial charge < -0.3 is 13.8 Å². The molecule has 4 nitrogen and oxygen atoms in total. The number of fused-ring (bicyclic) bond motifs is 2. The number of aliphatic imine (C=N–C) groups is 1. The summed E-state index contributed by atoms with van der Waals surface area (Å²) in [6.45, 7) is -1.81. The van der Waals surface area contributed by atoms with Gasteiger partial charge in [0.15, 0.2) is 0 Å². The van der Waals surface area contributed by atoms with Gasteiger partial charge >= 0.3 is 37.6 Å². The molecule has 58 heavy (non-hydrogen) atoms. The normalized spacial score (nSPS) is 14.8. The van der Waals surface area contributed by atoms with E-state index in [9.17, 15) is 57.1 Å². The van der Waals surface area contributed by atoms with Crippen LogP contribution in [0, 0.1) is 13.8 Å². The van der Waals surface area contributed by atoms with Crippen molar-refractivity contribution in [1.82, 2.24) is 4.48 Å². The molecule has 0 bridgehead atoms. The van der Waals surface area contributed by atoms with Gasteiger partial charge in [0.05, 0.1) is 11.4 Å². The Kier molecular flexibility index (Phi) is 11.4. The highest BCUT2D eigenvalue weighted by molar-refractivity contribution is 6.45. The quantitative estimate of drug-likeness (QED) is 0.0928. The lowest BCUT2D eigenvalue weighted by Crippen LogP contribution is -2.48. The van der Waals surface area contributed by atoms with E-state index in [0.29, 0.717) is 21.2 Å². The molecule has 0 fully saturated rings. The van der Waals surface area contributed by atoms with Gasteiger partial charge in [-0.3, -0.25) is 0 Å². The molecule has 0 saturated heterocycles. The van der Waals surface area contributed by atoms with Gasteiger partial charge in [0.25, 0.3) is 0 Å². The maximum Gasteiger partial charge on any atom is 0.598 e. The molecule has 1 aliphatic heterocycles. The van der Waals surface area contributed by atoms with Crippen LogP contribution in [-0.2, 0) is 9.31 Å². The molecule has 4 aromatic carbocycles. The molecule has 306 valence electrons. The van der Waals surface area contributed by atoms with Crippen LogP contribution >= 0.6 is 0 Å². The molecule has 1 aliphatic rings. The second kappa shape index (κ2) is 15.6. The molecule has 0 atom stereocenters. The van der Waals surface area contributed by atoms with Crippen LogP contribution in [0.4, 0.5) is 57.1 Å². The van der Waals surface area contributed by atoms with Crippen molar-refractivity contribution >= 4 is 35.0 Å². The Hall–Kier alpha value is -5.10. The van der Waals surface area contributed by atoms with E-state index in [-0.39, 0.29) is 44.6 Å². The van der Waals surface area contributed by atoms with E-state index in [1.54, 1.807) is 49.4 Å². The first-order valence-electron chi connectivity index (χ1n) is 17.4. The lowest BCUT2D eigenvalue weighted by Gasteiger charge is -2.27. The summed E-state index contributed by atoms with van der Waals surface area (Å²) in [5.74, 6) is -11.4. The Balaban J connectivity index is 1.73. The van der Waals surface area contributed by atoms with E-state index < -0.39 is 69.4 Å². The minimum absolute atomic E-state index is 0.0124. The molecule has 0 unspecified atom stereocenters. The number of nitrogens with zero attached hydrogens (tertiary/aromatic N) is 2. The van der Waals surface area contributed by atoms with Gasteiger partial charge in [0.1, 0.15) is 13.2 Å². The SMILES string of the molecule is Cc1ccc(C2=N/C(=C(/CCC(F)(F)F)c3c4ccccc4c(-c4ccc(C)cc4)n3B(OCC(F)(F)C(F)(F)F)OCC(F)(F)C(F)(F)F)c3ccccc32)cc1. The molecule has 0 spiro atoms. The summed E-state index contributed by atoms with van der Waals surface area (Å²) in [6.07, 6.45) is -20.0. The van der Waals surface area contributed by atoms with Crippen molar-refractivity contribution in [2.24, 2.45) is 4.99 Å². The van der Waals surface area contributed by atoms with Gasteiger partial charge in [-0.1, -0.05) is 108 Å². The minimum atomic E-state index is -6.29. The number of allylic oxidation sites excluding steroid dienone is 1. The lowest BCUT2D eigenvalue weighted by atomic mass is 9.93. The minimum Gasteiger partial charge on any atom is -0.385 e. The number of halogens is 13. The number of benzene rings is 4. The monoisotopic (exact) mass is 828 g/mol. The number of hydrogen-bond acceptors (Lipinski definition) is 3. The fraction of sp³-hybridized carbons (Fsp3) is 0.275. The van der Waals surface area contributed by atoms with E-state index in [2.05, 4.69) is 0 Å². The van der Waals surface area contributed by atoms with Gasteiger partial charge in [-0.05, 0) is 25.8 Å². The highest BCUT2D eigenvalue weighted by atomic mass is 19.4. The number of hydrogen-bond donors (Lipinski definition) is 0. The predicted octanol–water partition coefficient (Wildman–Crippen LogP) is 12.2. The zero-order valence-electron chi connectivity index (χ0n) is 30.3. The van der Waals surface area contributed by atoms with Crippen molar-refractivity contribution in [1.29, 1.82) is 0 Å². The van der Waals surface area contributed by atoms with Gasteiger partial charge in [-0.2, -0.15) is 57.1 Å². The Bertz CT molecular complexity index is 2310. The summed E-state index contributed by atoms with van der Waals surface area (Å²) in [5, 5.41) is 0.0597. The first-order chi connectivity index (χ1) is 27.0. The summed E-state index contributed by atoms with van der Waals surface area (Å²) in [6, 6.07) is 24.8. The summed E-state index contributed by atoms with van der Waals surface area (Å²) in [7, 11) is -2.96. The largest absolute Gasteiger partial charge is 0.598 e. The third-order valence-electron chi connectivity index (χ3n) is 9.31.